The van der Waals surface area contributed by atoms with Crippen molar-refractivity contribution < 1.29 is 4.92 Å². The van der Waals surface area contributed by atoms with Gasteiger partial charge in [-0.15, -0.1) is 11.3 Å². The van der Waals surface area contributed by atoms with E-state index in [0.717, 1.165) is 12.0 Å². The lowest BCUT2D eigenvalue weighted by molar-refractivity contribution is -0.384. The van der Waals surface area contributed by atoms with Crippen molar-refractivity contribution >= 4 is 17.0 Å². The molecule has 5 heteroatoms. The molecule has 2 atom stereocenters. The fraction of sp³-hybridized carbons (Fsp3) is 0.333. The summed E-state index contributed by atoms with van der Waals surface area (Å²) in [5.74, 6) is 0. The van der Waals surface area contributed by atoms with E-state index in [2.05, 4.69) is 23.7 Å². The average Bonchev–Trinajstić information content (AvgIpc) is 2.98. The molecule has 0 fully saturated rings. The maximum atomic E-state index is 10.8. The quantitative estimate of drug-likeness (QED) is 0.631. The van der Waals surface area contributed by atoms with Gasteiger partial charge in [-0.05, 0) is 30.4 Å². The second-order valence-electron chi connectivity index (χ2n) is 4.72. The number of nitro benzene ring substituents is 1. The van der Waals surface area contributed by atoms with Gasteiger partial charge in [0.15, 0.2) is 0 Å². The molecule has 106 valence electrons. The summed E-state index contributed by atoms with van der Waals surface area (Å²) in [6.45, 7) is 4.17. The number of hydrogen-bond donors (Lipinski definition) is 1. The molecule has 0 saturated carbocycles. The second-order valence-corrected chi connectivity index (χ2v) is 5.70. The highest BCUT2D eigenvalue weighted by Gasteiger charge is 2.16. The van der Waals surface area contributed by atoms with Crippen LogP contribution in [-0.4, -0.2) is 4.92 Å². The molecule has 1 aromatic heterocycles. The van der Waals surface area contributed by atoms with E-state index in [9.17, 15) is 10.1 Å². The summed E-state index contributed by atoms with van der Waals surface area (Å²) < 4.78 is 0. The Morgan fingerprint density at radius 2 is 2.15 bits per heavy atom. The summed E-state index contributed by atoms with van der Waals surface area (Å²) in [5.41, 5.74) is 1.08. The van der Waals surface area contributed by atoms with Crippen molar-refractivity contribution in [3.05, 3.63) is 62.3 Å². The van der Waals surface area contributed by atoms with Crippen LogP contribution in [0.15, 0.2) is 41.8 Å². The first kappa shape index (κ1) is 14.7. The van der Waals surface area contributed by atoms with Crippen molar-refractivity contribution in [2.75, 3.05) is 0 Å². The average molecular weight is 290 g/mol. The highest BCUT2D eigenvalue weighted by atomic mass is 32.1. The van der Waals surface area contributed by atoms with Crippen LogP contribution >= 0.6 is 11.3 Å². The van der Waals surface area contributed by atoms with Crippen LogP contribution in [0, 0.1) is 10.1 Å². The molecule has 2 rings (SSSR count). The van der Waals surface area contributed by atoms with Crippen LogP contribution in [0.5, 0.6) is 0 Å². The molecule has 2 unspecified atom stereocenters. The minimum absolute atomic E-state index is 0.0712. The van der Waals surface area contributed by atoms with Gasteiger partial charge in [0.2, 0.25) is 0 Å². The van der Waals surface area contributed by atoms with Gasteiger partial charge in [0, 0.05) is 29.1 Å². The van der Waals surface area contributed by atoms with Gasteiger partial charge in [0.25, 0.3) is 5.69 Å². The fourth-order valence-corrected chi connectivity index (χ4v) is 3.07. The zero-order valence-corrected chi connectivity index (χ0v) is 12.4. The highest BCUT2D eigenvalue weighted by Crippen LogP contribution is 2.26. The Bertz CT molecular complexity index is 569. The van der Waals surface area contributed by atoms with E-state index < -0.39 is 0 Å². The summed E-state index contributed by atoms with van der Waals surface area (Å²) in [6, 6.07) is 11.3. The molecule has 20 heavy (non-hydrogen) atoms. The minimum atomic E-state index is -0.354. The first-order chi connectivity index (χ1) is 9.61. The molecule has 1 N–H and O–H groups in total. The smallest absolute Gasteiger partial charge is 0.269 e. The fourth-order valence-electron chi connectivity index (χ4n) is 2.20. The van der Waals surface area contributed by atoms with Crippen LogP contribution in [0.3, 0.4) is 0 Å². The van der Waals surface area contributed by atoms with Crippen LogP contribution in [0.4, 0.5) is 5.69 Å². The van der Waals surface area contributed by atoms with Gasteiger partial charge in [0.1, 0.15) is 0 Å². The largest absolute Gasteiger partial charge is 0.303 e. The number of hydrogen-bond acceptors (Lipinski definition) is 4. The third-order valence-corrected chi connectivity index (χ3v) is 4.31. The molecule has 0 saturated heterocycles. The van der Waals surface area contributed by atoms with Crippen molar-refractivity contribution in [2.45, 2.75) is 32.4 Å². The summed E-state index contributed by atoms with van der Waals surface area (Å²) in [4.78, 5) is 11.8. The minimum Gasteiger partial charge on any atom is -0.303 e. The number of non-ortho nitro benzene ring substituents is 1. The van der Waals surface area contributed by atoms with Gasteiger partial charge in [0.05, 0.1) is 4.92 Å². The van der Waals surface area contributed by atoms with Gasteiger partial charge in [-0.25, -0.2) is 0 Å². The van der Waals surface area contributed by atoms with E-state index in [-0.39, 0.29) is 22.7 Å². The third-order valence-electron chi connectivity index (χ3n) is 3.33. The standard InChI is InChI=1S/C15H18N2O2S/c1-3-14(15-8-5-9-20-15)16-11(2)12-6-4-7-13(10-12)17(18)19/h4-11,14,16H,3H2,1-2H3. The van der Waals surface area contributed by atoms with Gasteiger partial charge in [-0.2, -0.15) is 0 Å². The number of benzene rings is 1. The van der Waals surface area contributed by atoms with E-state index in [0.29, 0.717) is 0 Å². The monoisotopic (exact) mass is 290 g/mol. The molecule has 0 amide bonds. The molecule has 0 aliphatic heterocycles. The Kier molecular flexibility index (Phi) is 4.87. The number of nitrogens with one attached hydrogen (secondary N) is 1. The molecule has 1 heterocycles. The summed E-state index contributed by atoms with van der Waals surface area (Å²) >= 11 is 1.73. The summed E-state index contributed by atoms with van der Waals surface area (Å²) in [6.07, 6.45) is 0.986. The molecular weight excluding hydrogens is 272 g/mol. The molecule has 2 aromatic rings. The zero-order valence-electron chi connectivity index (χ0n) is 11.6. The van der Waals surface area contributed by atoms with E-state index in [1.165, 1.54) is 10.9 Å². The molecular formula is C15H18N2O2S. The molecule has 0 bridgehead atoms. The van der Waals surface area contributed by atoms with E-state index >= 15 is 0 Å². The number of thiophene rings is 1. The first-order valence-electron chi connectivity index (χ1n) is 6.65. The maximum absolute atomic E-state index is 10.8. The topological polar surface area (TPSA) is 55.2 Å². The predicted molar refractivity (Wildman–Crippen MR) is 82.0 cm³/mol. The van der Waals surface area contributed by atoms with Crippen molar-refractivity contribution in [2.24, 2.45) is 0 Å². The second kappa shape index (κ2) is 6.63. The first-order valence-corrected chi connectivity index (χ1v) is 7.53. The Hall–Kier alpha value is -1.72. The predicted octanol–water partition coefficient (Wildman–Crippen LogP) is 4.46. The summed E-state index contributed by atoms with van der Waals surface area (Å²) in [5, 5.41) is 16.4. The van der Waals surface area contributed by atoms with Crippen LogP contribution in [0.2, 0.25) is 0 Å². The lowest BCUT2D eigenvalue weighted by Gasteiger charge is -2.21. The van der Waals surface area contributed by atoms with Crippen molar-refractivity contribution in [1.29, 1.82) is 0 Å². The van der Waals surface area contributed by atoms with Crippen LogP contribution in [0.1, 0.15) is 42.8 Å². The molecule has 0 aliphatic rings. The number of nitro groups is 1. The highest BCUT2D eigenvalue weighted by molar-refractivity contribution is 7.10. The lowest BCUT2D eigenvalue weighted by atomic mass is 10.1. The maximum Gasteiger partial charge on any atom is 0.269 e. The van der Waals surface area contributed by atoms with Gasteiger partial charge < -0.3 is 5.32 Å². The van der Waals surface area contributed by atoms with Crippen LogP contribution in [-0.2, 0) is 0 Å². The Balaban J connectivity index is 2.13. The Morgan fingerprint density at radius 3 is 2.75 bits per heavy atom. The van der Waals surface area contributed by atoms with Crippen molar-refractivity contribution in [3.63, 3.8) is 0 Å². The van der Waals surface area contributed by atoms with Crippen LogP contribution < -0.4 is 5.32 Å². The zero-order chi connectivity index (χ0) is 14.5. The molecule has 4 nitrogen and oxygen atoms in total. The summed E-state index contributed by atoms with van der Waals surface area (Å²) in [7, 11) is 0. The Morgan fingerprint density at radius 1 is 1.35 bits per heavy atom. The van der Waals surface area contributed by atoms with Crippen molar-refractivity contribution in [1.82, 2.24) is 5.32 Å². The molecule has 0 aliphatic carbocycles. The molecule has 0 spiro atoms. The molecule has 0 radical (unpaired) electrons. The SMILES string of the molecule is CCC(NC(C)c1cccc([N+](=O)[O-])c1)c1cccs1. The lowest BCUT2D eigenvalue weighted by Crippen LogP contribution is -2.23. The van der Waals surface area contributed by atoms with Gasteiger partial charge in [-0.1, -0.05) is 25.1 Å². The van der Waals surface area contributed by atoms with Crippen molar-refractivity contribution in [3.8, 4) is 0 Å². The van der Waals surface area contributed by atoms with Gasteiger partial charge in [-0.3, -0.25) is 10.1 Å². The molecule has 1 aromatic carbocycles. The Labute approximate surface area is 122 Å². The number of rotatable bonds is 6. The number of nitrogens with zero attached hydrogens (tertiary/aromatic N) is 1. The normalized spacial score (nSPS) is 13.9. The van der Waals surface area contributed by atoms with Gasteiger partial charge >= 0.3 is 0 Å². The third kappa shape index (κ3) is 3.43. The van der Waals surface area contributed by atoms with E-state index in [4.69, 9.17) is 0 Å². The van der Waals surface area contributed by atoms with Crippen LogP contribution in [0.25, 0.3) is 0 Å². The van der Waals surface area contributed by atoms with E-state index in [1.807, 2.05) is 19.1 Å². The van der Waals surface area contributed by atoms with E-state index in [1.54, 1.807) is 23.5 Å².